The van der Waals surface area contributed by atoms with Crippen LogP contribution in [0, 0.1) is 10.1 Å². The van der Waals surface area contributed by atoms with Gasteiger partial charge < -0.3 is 9.73 Å². The lowest BCUT2D eigenvalue weighted by atomic mass is 10.1. The van der Waals surface area contributed by atoms with Gasteiger partial charge in [-0.3, -0.25) is 29.4 Å². The number of carbonyl (C=O) groups excluding carboxylic acids is 3. The number of nitro benzene ring substituents is 1. The average Bonchev–Trinajstić information content (AvgIpc) is 3.24. The smallest absolute Gasteiger partial charge is 0.282 e. The first-order valence-electron chi connectivity index (χ1n) is 9.29. The van der Waals surface area contributed by atoms with Gasteiger partial charge in [0.1, 0.15) is 23.3 Å². The maximum absolute atomic E-state index is 12.6. The SMILES string of the molecule is O=C(CN1C(=O)c2cccc([N+](=O)[O-])c2C1=O)Nc1ccc2oc3ccccc3c2c1. The Hall–Kier alpha value is -4.53. The van der Waals surface area contributed by atoms with Gasteiger partial charge >= 0.3 is 0 Å². The molecule has 5 rings (SSSR count). The minimum atomic E-state index is -0.862. The van der Waals surface area contributed by atoms with Crippen molar-refractivity contribution < 1.29 is 23.7 Å². The number of carbonyl (C=O) groups is 3. The molecule has 0 fully saturated rings. The second-order valence-electron chi connectivity index (χ2n) is 7.01. The molecule has 2 heterocycles. The molecule has 152 valence electrons. The number of nitro groups is 1. The molecule has 9 nitrogen and oxygen atoms in total. The van der Waals surface area contributed by atoms with Crippen LogP contribution in [0.5, 0.6) is 0 Å². The first-order valence-corrected chi connectivity index (χ1v) is 9.29. The molecular formula is C22H13N3O6. The molecule has 0 saturated carbocycles. The largest absolute Gasteiger partial charge is 0.456 e. The fourth-order valence-corrected chi connectivity index (χ4v) is 3.76. The zero-order chi connectivity index (χ0) is 21.7. The van der Waals surface area contributed by atoms with Crippen molar-refractivity contribution in [2.24, 2.45) is 0 Å². The van der Waals surface area contributed by atoms with Crippen LogP contribution in [0.2, 0.25) is 0 Å². The number of nitrogens with one attached hydrogen (secondary N) is 1. The fraction of sp³-hybridized carbons (Fsp3) is 0.0455. The molecular weight excluding hydrogens is 402 g/mol. The molecule has 1 aromatic heterocycles. The van der Waals surface area contributed by atoms with Crippen molar-refractivity contribution in [2.75, 3.05) is 11.9 Å². The van der Waals surface area contributed by atoms with Gasteiger partial charge in [0.05, 0.1) is 10.5 Å². The predicted octanol–water partition coefficient (Wildman–Crippen LogP) is 3.73. The van der Waals surface area contributed by atoms with Crippen molar-refractivity contribution in [3.8, 4) is 0 Å². The summed E-state index contributed by atoms with van der Waals surface area (Å²) in [4.78, 5) is 48.9. The van der Waals surface area contributed by atoms with Crippen LogP contribution in [0.3, 0.4) is 0 Å². The van der Waals surface area contributed by atoms with E-state index in [0.717, 1.165) is 16.8 Å². The lowest BCUT2D eigenvalue weighted by Crippen LogP contribution is -2.37. The normalized spacial score (nSPS) is 13.1. The topological polar surface area (TPSA) is 123 Å². The molecule has 3 amide bonds. The van der Waals surface area contributed by atoms with Gasteiger partial charge in [-0.1, -0.05) is 24.3 Å². The highest BCUT2D eigenvalue weighted by Crippen LogP contribution is 2.32. The molecule has 0 atom stereocenters. The summed E-state index contributed by atoms with van der Waals surface area (Å²) in [5.74, 6) is -2.21. The van der Waals surface area contributed by atoms with E-state index in [1.54, 1.807) is 18.2 Å². The van der Waals surface area contributed by atoms with Crippen molar-refractivity contribution in [2.45, 2.75) is 0 Å². The number of hydrogen-bond donors (Lipinski definition) is 1. The average molecular weight is 415 g/mol. The Balaban J connectivity index is 1.39. The molecule has 4 aromatic rings. The molecule has 0 unspecified atom stereocenters. The number of rotatable bonds is 4. The van der Waals surface area contributed by atoms with Gasteiger partial charge in [0, 0.05) is 22.5 Å². The molecule has 0 saturated heterocycles. The van der Waals surface area contributed by atoms with Crippen molar-refractivity contribution in [1.29, 1.82) is 0 Å². The third kappa shape index (κ3) is 2.91. The molecule has 0 aliphatic carbocycles. The van der Waals surface area contributed by atoms with Crippen molar-refractivity contribution in [3.05, 3.63) is 81.9 Å². The number of hydrogen-bond acceptors (Lipinski definition) is 6. The Bertz CT molecular complexity index is 1440. The quantitative estimate of drug-likeness (QED) is 0.308. The van der Waals surface area contributed by atoms with E-state index in [-0.39, 0.29) is 11.1 Å². The molecule has 0 radical (unpaired) electrons. The highest BCUT2D eigenvalue weighted by molar-refractivity contribution is 6.24. The van der Waals surface area contributed by atoms with E-state index in [0.29, 0.717) is 21.8 Å². The highest BCUT2D eigenvalue weighted by Gasteiger charge is 2.41. The lowest BCUT2D eigenvalue weighted by molar-refractivity contribution is -0.385. The highest BCUT2D eigenvalue weighted by atomic mass is 16.6. The van der Waals surface area contributed by atoms with Gasteiger partial charge in [-0.15, -0.1) is 0 Å². The van der Waals surface area contributed by atoms with Crippen LogP contribution in [0.15, 0.2) is 65.1 Å². The minimum absolute atomic E-state index is 0.0849. The molecule has 9 heteroatoms. The summed E-state index contributed by atoms with van der Waals surface area (Å²) >= 11 is 0. The van der Waals surface area contributed by atoms with Crippen molar-refractivity contribution in [1.82, 2.24) is 4.90 Å². The fourth-order valence-electron chi connectivity index (χ4n) is 3.76. The van der Waals surface area contributed by atoms with E-state index in [1.807, 2.05) is 24.3 Å². The monoisotopic (exact) mass is 415 g/mol. The number of nitrogens with zero attached hydrogens (tertiary/aromatic N) is 2. The zero-order valence-electron chi connectivity index (χ0n) is 15.8. The summed E-state index contributed by atoms with van der Waals surface area (Å²) in [6.07, 6.45) is 0. The van der Waals surface area contributed by atoms with E-state index >= 15 is 0 Å². The summed E-state index contributed by atoms with van der Waals surface area (Å²) in [7, 11) is 0. The van der Waals surface area contributed by atoms with Crippen LogP contribution in [0.25, 0.3) is 21.9 Å². The number of imide groups is 1. The summed E-state index contributed by atoms with van der Waals surface area (Å²) < 4.78 is 5.75. The van der Waals surface area contributed by atoms with Crippen LogP contribution in [0.4, 0.5) is 11.4 Å². The third-order valence-electron chi connectivity index (χ3n) is 5.14. The summed E-state index contributed by atoms with van der Waals surface area (Å²) in [5, 5.41) is 15.6. The summed E-state index contributed by atoms with van der Waals surface area (Å²) in [6, 6.07) is 16.4. The summed E-state index contributed by atoms with van der Waals surface area (Å²) in [6.45, 7) is -0.562. The zero-order valence-corrected chi connectivity index (χ0v) is 15.8. The second kappa shape index (κ2) is 6.77. The third-order valence-corrected chi connectivity index (χ3v) is 5.14. The Morgan fingerprint density at radius 3 is 2.55 bits per heavy atom. The standard InChI is InChI=1S/C22H13N3O6/c26-19(11-24-21(27)14-5-3-6-16(25(29)30)20(14)22(24)28)23-12-8-9-18-15(10-12)13-4-1-2-7-17(13)31-18/h1-10H,11H2,(H,23,26). The van der Waals surface area contributed by atoms with Gasteiger partial charge in [0.2, 0.25) is 5.91 Å². The number of fused-ring (bicyclic) bond motifs is 4. The minimum Gasteiger partial charge on any atom is -0.456 e. The summed E-state index contributed by atoms with van der Waals surface area (Å²) in [5.41, 5.74) is 0.998. The van der Waals surface area contributed by atoms with Gasteiger partial charge in [-0.05, 0) is 30.3 Å². The van der Waals surface area contributed by atoms with E-state index in [1.165, 1.54) is 12.1 Å². The molecule has 0 spiro atoms. The van der Waals surface area contributed by atoms with Gasteiger partial charge in [0.25, 0.3) is 17.5 Å². The van der Waals surface area contributed by atoms with Crippen LogP contribution < -0.4 is 5.32 Å². The van der Waals surface area contributed by atoms with Gasteiger partial charge in [0.15, 0.2) is 0 Å². The van der Waals surface area contributed by atoms with E-state index in [2.05, 4.69) is 5.32 Å². The Kier molecular flexibility index (Phi) is 4.04. The van der Waals surface area contributed by atoms with Crippen LogP contribution in [-0.2, 0) is 4.79 Å². The van der Waals surface area contributed by atoms with Crippen molar-refractivity contribution >= 4 is 51.0 Å². The number of amides is 3. The molecule has 1 N–H and O–H groups in total. The Morgan fingerprint density at radius 1 is 0.968 bits per heavy atom. The van der Waals surface area contributed by atoms with Crippen LogP contribution in [0.1, 0.15) is 20.7 Å². The second-order valence-corrected chi connectivity index (χ2v) is 7.01. The van der Waals surface area contributed by atoms with E-state index in [4.69, 9.17) is 4.42 Å². The van der Waals surface area contributed by atoms with Gasteiger partial charge in [-0.2, -0.15) is 0 Å². The number of anilines is 1. The number of furan rings is 1. The molecule has 3 aromatic carbocycles. The number of para-hydroxylation sites is 1. The van der Waals surface area contributed by atoms with E-state index in [9.17, 15) is 24.5 Å². The van der Waals surface area contributed by atoms with Crippen LogP contribution in [-0.4, -0.2) is 34.1 Å². The van der Waals surface area contributed by atoms with E-state index < -0.39 is 34.9 Å². The molecule has 31 heavy (non-hydrogen) atoms. The first-order chi connectivity index (χ1) is 14.9. The van der Waals surface area contributed by atoms with Crippen molar-refractivity contribution in [3.63, 3.8) is 0 Å². The first kappa shape index (κ1) is 18.5. The lowest BCUT2D eigenvalue weighted by Gasteiger charge is -2.13. The maximum atomic E-state index is 12.6. The molecule has 1 aliphatic heterocycles. The molecule has 1 aliphatic rings. The Morgan fingerprint density at radius 2 is 1.74 bits per heavy atom. The molecule has 0 bridgehead atoms. The maximum Gasteiger partial charge on any atom is 0.282 e. The van der Waals surface area contributed by atoms with Gasteiger partial charge in [-0.25, -0.2) is 0 Å². The number of benzene rings is 3. The van der Waals surface area contributed by atoms with Crippen LogP contribution >= 0.6 is 0 Å². The Labute approximate surface area is 174 Å². The predicted molar refractivity (Wildman–Crippen MR) is 111 cm³/mol.